The number of hydrogen-bond acceptors (Lipinski definition) is 3. The van der Waals surface area contributed by atoms with Gasteiger partial charge in [-0.25, -0.2) is 9.37 Å². The fourth-order valence-electron chi connectivity index (χ4n) is 2.75. The molecular formula is C20H23FN3OS+. The molecule has 0 spiro atoms. The van der Waals surface area contributed by atoms with Crippen molar-refractivity contribution >= 4 is 32.6 Å². The number of carbonyl (C=O) groups excluding carboxylic acids is 1. The summed E-state index contributed by atoms with van der Waals surface area (Å²) < 4.78 is 14.8. The predicted molar refractivity (Wildman–Crippen MR) is 105 cm³/mol. The zero-order valence-electron chi connectivity index (χ0n) is 15.3. The summed E-state index contributed by atoms with van der Waals surface area (Å²) in [6.45, 7) is 3.48. The number of benzene rings is 2. The smallest absolute Gasteiger partial charge is 0.260 e. The summed E-state index contributed by atoms with van der Waals surface area (Å²) in [6, 6.07) is 12.4. The number of para-hydroxylation sites is 1. The van der Waals surface area contributed by atoms with Crippen molar-refractivity contribution in [3.8, 4) is 0 Å². The van der Waals surface area contributed by atoms with E-state index in [0.29, 0.717) is 22.8 Å². The standard InChI is InChI=1S/C20H22FN3OS/c1-14-8-10-15(11-9-14)19(25)24(13-5-12-23(2)3)20-22-18-16(21)6-4-7-17(18)26-20/h4,6-11H,5,12-13H2,1-3H3/p+1. The van der Waals surface area contributed by atoms with Gasteiger partial charge < -0.3 is 4.90 Å². The van der Waals surface area contributed by atoms with Gasteiger partial charge in [0.1, 0.15) is 11.3 Å². The van der Waals surface area contributed by atoms with E-state index >= 15 is 0 Å². The molecular weight excluding hydrogens is 349 g/mol. The molecule has 3 aromatic rings. The van der Waals surface area contributed by atoms with Crippen LogP contribution >= 0.6 is 11.3 Å². The molecule has 0 fully saturated rings. The number of amides is 1. The molecule has 6 heteroatoms. The van der Waals surface area contributed by atoms with Crippen LogP contribution in [0.2, 0.25) is 0 Å². The van der Waals surface area contributed by atoms with Crippen LogP contribution in [0.25, 0.3) is 10.2 Å². The molecule has 136 valence electrons. The Hall–Kier alpha value is -2.31. The number of aryl methyl sites for hydroxylation is 1. The largest absolute Gasteiger partial charge is 0.340 e. The van der Waals surface area contributed by atoms with Crippen LogP contribution in [0.4, 0.5) is 9.52 Å². The normalized spacial score (nSPS) is 11.3. The summed E-state index contributed by atoms with van der Waals surface area (Å²) in [5, 5.41) is 0.546. The van der Waals surface area contributed by atoms with Crippen LogP contribution in [-0.2, 0) is 0 Å². The first-order chi connectivity index (χ1) is 12.5. The molecule has 0 radical (unpaired) electrons. The molecule has 0 atom stereocenters. The second-order valence-corrected chi connectivity index (χ2v) is 7.73. The third-order valence-electron chi connectivity index (χ3n) is 4.19. The lowest BCUT2D eigenvalue weighted by atomic mass is 10.1. The summed E-state index contributed by atoms with van der Waals surface area (Å²) in [5.74, 6) is -0.455. The van der Waals surface area contributed by atoms with Gasteiger partial charge in [0, 0.05) is 18.5 Å². The van der Waals surface area contributed by atoms with Crippen LogP contribution in [0.3, 0.4) is 0 Å². The van der Waals surface area contributed by atoms with Gasteiger partial charge in [0.05, 0.1) is 25.3 Å². The van der Waals surface area contributed by atoms with E-state index in [4.69, 9.17) is 0 Å². The molecule has 2 aromatic carbocycles. The van der Waals surface area contributed by atoms with Crippen LogP contribution in [0.15, 0.2) is 42.5 Å². The van der Waals surface area contributed by atoms with E-state index < -0.39 is 0 Å². The Balaban J connectivity index is 1.94. The second kappa shape index (κ2) is 7.93. The minimum atomic E-state index is -0.356. The Kier molecular flexibility index (Phi) is 5.64. The number of carbonyl (C=O) groups is 1. The average Bonchev–Trinajstić information content (AvgIpc) is 3.04. The Morgan fingerprint density at radius 3 is 2.58 bits per heavy atom. The van der Waals surface area contributed by atoms with Crippen LogP contribution in [0, 0.1) is 12.7 Å². The highest BCUT2D eigenvalue weighted by molar-refractivity contribution is 7.22. The minimum absolute atomic E-state index is 0.0989. The summed E-state index contributed by atoms with van der Waals surface area (Å²) in [5.41, 5.74) is 2.05. The highest BCUT2D eigenvalue weighted by Gasteiger charge is 2.22. The van der Waals surface area contributed by atoms with Gasteiger partial charge in [0.25, 0.3) is 5.91 Å². The van der Waals surface area contributed by atoms with Crippen molar-refractivity contribution in [3.05, 3.63) is 59.4 Å². The molecule has 4 nitrogen and oxygen atoms in total. The summed E-state index contributed by atoms with van der Waals surface area (Å²) in [6.07, 6.45) is 0.846. The second-order valence-electron chi connectivity index (χ2n) is 6.72. The lowest BCUT2D eigenvalue weighted by molar-refractivity contribution is -0.858. The van der Waals surface area contributed by atoms with Crippen LogP contribution in [0.5, 0.6) is 0 Å². The van der Waals surface area contributed by atoms with Crippen molar-refractivity contribution in [2.45, 2.75) is 13.3 Å². The Morgan fingerprint density at radius 2 is 1.92 bits per heavy atom. The topological polar surface area (TPSA) is 37.6 Å². The van der Waals surface area contributed by atoms with Crippen molar-refractivity contribution in [3.63, 3.8) is 0 Å². The van der Waals surface area contributed by atoms with Crippen molar-refractivity contribution < 1.29 is 14.1 Å². The maximum atomic E-state index is 14.0. The Labute approximate surface area is 156 Å². The molecule has 0 aliphatic carbocycles. The van der Waals surface area contributed by atoms with Gasteiger partial charge in [-0.2, -0.15) is 0 Å². The van der Waals surface area contributed by atoms with Crippen molar-refractivity contribution in [2.24, 2.45) is 0 Å². The van der Waals surface area contributed by atoms with Gasteiger partial charge in [0.15, 0.2) is 5.13 Å². The van der Waals surface area contributed by atoms with E-state index in [0.717, 1.165) is 23.2 Å². The van der Waals surface area contributed by atoms with Crippen molar-refractivity contribution in [1.82, 2.24) is 4.98 Å². The number of nitrogens with one attached hydrogen (secondary N) is 1. The van der Waals surface area contributed by atoms with Gasteiger partial charge in [0.2, 0.25) is 0 Å². The zero-order chi connectivity index (χ0) is 18.7. The molecule has 0 aliphatic rings. The van der Waals surface area contributed by atoms with Gasteiger partial charge in [-0.15, -0.1) is 0 Å². The number of nitrogens with zero attached hydrogens (tertiary/aromatic N) is 2. The quantitative estimate of drug-likeness (QED) is 0.722. The summed E-state index contributed by atoms with van der Waals surface area (Å²) in [7, 11) is 4.17. The van der Waals surface area contributed by atoms with Crippen molar-refractivity contribution in [1.29, 1.82) is 0 Å². The van der Waals surface area contributed by atoms with E-state index in [1.54, 1.807) is 11.0 Å². The van der Waals surface area contributed by atoms with Gasteiger partial charge in [-0.1, -0.05) is 35.1 Å². The number of thiazole rings is 1. The molecule has 3 rings (SSSR count). The maximum absolute atomic E-state index is 14.0. The van der Waals surface area contributed by atoms with Crippen LogP contribution in [0.1, 0.15) is 22.3 Å². The minimum Gasteiger partial charge on any atom is -0.340 e. The molecule has 1 amide bonds. The maximum Gasteiger partial charge on any atom is 0.260 e. The Bertz CT molecular complexity index is 905. The molecule has 1 N–H and O–H groups in total. The monoisotopic (exact) mass is 372 g/mol. The summed E-state index contributed by atoms with van der Waals surface area (Å²) >= 11 is 1.35. The first kappa shape index (κ1) is 18.5. The first-order valence-electron chi connectivity index (χ1n) is 8.68. The van der Waals surface area contributed by atoms with E-state index in [9.17, 15) is 9.18 Å². The van der Waals surface area contributed by atoms with Crippen molar-refractivity contribution in [2.75, 3.05) is 32.1 Å². The van der Waals surface area contributed by atoms with E-state index in [2.05, 4.69) is 19.1 Å². The SMILES string of the molecule is Cc1ccc(C(=O)N(CCC[NH+](C)C)c2nc3c(F)cccc3s2)cc1. The van der Waals surface area contributed by atoms with E-state index in [-0.39, 0.29) is 11.7 Å². The molecule has 1 aromatic heterocycles. The summed E-state index contributed by atoms with van der Waals surface area (Å²) in [4.78, 5) is 20.5. The lowest BCUT2D eigenvalue weighted by Gasteiger charge is -2.20. The zero-order valence-corrected chi connectivity index (χ0v) is 16.1. The third-order valence-corrected chi connectivity index (χ3v) is 5.24. The predicted octanol–water partition coefficient (Wildman–Crippen LogP) is 2.93. The van der Waals surface area contributed by atoms with Gasteiger partial charge in [-0.3, -0.25) is 9.69 Å². The number of hydrogen-bond donors (Lipinski definition) is 1. The van der Waals surface area contributed by atoms with E-state index in [1.165, 1.54) is 22.3 Å². The molecule has 0 aliphatic heterocycles. The number of aromatic nitrogens is 1. The van der Waals surface area contributed by atoms with E-state index in [1.807, 2.05) is 37.3 Å². The number of quaternary nitrogens is 1. The van der Waals surface area contributed by atoms with Gasteiger partial charge in [-0.05, 0) is 31.2 Å². The fraction of sp³-hybridized carbons (Fsp3) is 0.300. The number of halogens is 1. The molecule has 0 unspecified atom stereocenters. The molecule has 1 heterocycles. The molecule has 26 heavy (non-hydrogen) atoms. The molecule has 0 saturated carbocycles. The number of fused-ring (bicyclic) bond motifs is 1. The van der Waals surface area contributed by atoms with Crippen LogP contribution in [-0.4, -0.2) is 38.1 Å². The lowest BCUT2D eigenvalue weighted by Crippen LogP contribution is -3.05. The van der Waals surface area contributed by atoms with Crippen LogP contribution < -0.4 is 9.80 Å². The highest BCUT2D eigenvalue weighted by Crippen LogP contribution is 2.31. The molecule has 0 bridgehead atoms. The number of anilines is 1. The molecule has 0 saturated heterocycles. The Morgan fingerprint density at radius 1 is 1.19 bits per heavy atom. The third kappa shape index (κ3) is 4.08. The fourth-order valence-corrected chi connectivity index (χ4v) is 3.75. The first-order valence-corrected chi connectivity index (χ1v) is 9.50. The number of rotatable bonds is 6. The highest BCUT2D eigenvalue weighted by atomic mass is 32.1. The van der Waals surface area contributed by atoms with Gasteiger partial charge >= 0.3 is 0 Å². The average molecular weight is 372 g/mol.